The lowest BCUT2D eigenvalue weighted by atomic mass is 10.0. The van der Waals surface area contributed by atoms with Crippen molar-refractivity contribution in [3.05, 3.63) is 0 Å². The van der Waals surface area contributed by atoms with Gasteiger partial charge in [0.15, 0.2) is 0 Å². The minimum atomic E-state index is -0.869. The molecular formula is C10H20O5. The van der Waals surface area contributed by atoms with Crippen LogP contribution in [0.15, 0.2) is 0 Å². The van der Waals surface area contributed by atoms with Gasteiger partial charge < -0.3 is 4.74 Å². The molecule has 0 fully saturated rings. The van der Waals surface area contributed by atoms with Crippen LogP contribution >= 0.6 is 0 Å². The van der Waals surface area contributed by atoms with Gasteiger partial charge >= 0.3 is 6.16 Å². The maximum atomic E-state index is 10.8. The quantitative estimate of drug-likeness (QED) is 0.357. The predicted molar refractivity (Wildman–Crippen MR) is 53.8 cm³/mol. The highest BCUT2D eigenvalue weighted by atomic mass is 17.5. The first-order chi connectivity index (χ1) is 7.24. The van der Waals surface area contributed by atoms with Gasteiger partial charge in [0.05, 0.1) is 13.7 Å². The first-order valence-corrected chi connectivity index (χ1v) is 5.28. The lowest BCUT2D eigenvalue weighted by Crippen LogP contribution is -2.15. The summed E-state index contributed by atoms with van der Waals surface area (Å²) in [5.41, 5.74) is 0. The van der Waals surface area contributed by atoms with E-state index in [1.165, 1.54) is 7.11 Å². The van der Waals surface area contributed by atoms with Gasteiger partial charge in [-0.3, -0.25) is 0 Å². The first-order valence-electron chi connectivity index (χ1n) is 5.28. The zero-order valence-electron chi connectivity index (χ0n) is 9.65. The van der Waals surface area contributed by atoms with E-state index in [9.17, 15) is 4.79 Å². The van der Waals surface area contributed by atoms with E-state index in [0.29, 0.717) is 12.5 Å². The molecule has 0 N–H and O–H groups in total. The predicted octanol–water partition coefficient (Wildman–Crippen LogP) is 2.85. The van der Waals surface area contributed by atoms with E-state index in [0.717, 1.165) is 25.7 Å². The van der Waals surface area contributed by atoms with Crippen molar-refractivity contribution < 1.29 is 24.3 Å². The van der Waals surface area contributed by atoms with Crippen LogP contribution < -0.4 is 0 Å². The van der Waals surface area contributed by atoms with Crippen molar-refractivity contribution in [3.63, 3.8) is 0 Å². The Morgan fingerprint density at radius 3 is 2.60 bits per heavy atom. The topological polar surface area (TPSA) is 54.0 Å². The Bertz CT molecular complexity index is 160. The molecular weight excluding hydrogens is 200 g/mol. The number of hydrogen-bond donors (Lipinski definition) is 0. The molecule has 0 rings (SSSR count). The van der Waals surface area contributed by atoms with E-state index in [2.05, 4.69) is 28.7 Å². The van der Waals surface area contributed by atoms with Crippen molar-refractivity contribution in [2.45, 2.75) is 39.5 Å². The lowest BCUT2D eigenvalue weighted by Gasteiger charge is -2.13. The third-order valence-electron chi connectivity index (χ3n) is 2.15. The smallest absolute Gasteiger partial charge is 0.432 e. The molecule has 0 saturated carbocycles. The van der Waals surface area contributed by atoms with Crippen LogP contribution in [0.1, 0.15) is 39.5 Å². The molecule has 0 bridgehead atoms. The van der Waals surface area contributed by atoms with E-state index in [-0.39, 0.29) is 0 Å². The van der Waals surface area contributed by atoms with Gasteiger partial charge in [-0.1, -0.05) is 33.1 Å². The van der Waals surface area contributed by atoms with Crippen LogP contribution in [-0.4, -0.2) is 19.9 Å². The number of carbonyl (C=O) groups excluding carboxylic acids is 1. The number of ether oxygens (including phenoxy) is 1. The van der Waals surface area contributed by atoms with Gasteiger partial charge in [-0.2, -0.15) is 4.89 Å². The average molecular weight is 220 g/mol. The molecule has 0 aromatic rings. The third-order valence-corrected chi connectivity index (χ3v) is 2.15. The molecule has 5 heteroatoms. The Balaban J connectivity index is 3.55. The van der Waals surface area contributed by atoms with Gasteiger partial charge in [0.2, 0.25) is 0 Å². The standard InChI is InChI=1S/C10H20O5/c1-4-6-7-9(5-2)8-13-10(11)14-15-12-3/h9H,4-8H2,1-3H3. The minimum Gasteiger partial charge on any atom is -0.432 e. The second kappa shape index (κ2) is 9.73. The zero-order chi connectivity index (χ0) is 11.5. The SMILES string of the molecule is CCCCC(CC)COC(=O)OOOC. The average Bonchev–Trinajstić information content (AvgIpc) is 2.26. The molecule has 0 aliphatic carbocycles. The summed E-state index contributed by atoms with van der Waals surface area (Å²) < 4.78 is 4.83. The van der Waals surface area contributed by atoms with E-state index < -0.39 is 6.16 Å². The molecule has 15 heavy (non-hydrogen) atoms. The molecule has 0 saturated heterocycles. The van der Waals surface area contributed by atoms with Crippen LogP contribution in [0.2, 0.25) is 0 Å². The Hall–Kier alpha value is -0.810. The van der Waals surface area contributed by atoms with Crippen molar-refractivity contribution >= 4 is 6.16 Å². The summed E-state index contributed by atoms with van der Waals surface area (Å²) in [7, 11) is 1.24. The molecule has 0 radical (unpaired) electrons. The minimum absolute atomic E-state index is 0.363. The monoisotopic (exact) mass is 220 g/mol. The fourth-order valence-corrected chi connectivity index (χ4v) is 1.17. The number of carbonyl (C=O) groups is 1. The first kappa shape index (κ1) is 14.2. The van der Waals surface area contributed by atoms with E-state index in [1.807, 2.05) is 0 Å². The van der Waals surface area contributed by atoms with E-state index in [1.54, 1.807) is 0 Å². The largest absolute Gasteiger partial charge is 0.542 e. The molecule has 0 aromatic heterocycles. The Morgan fingerprint density at radius 2 is 2.07 bits per heavy atom. The number of rotatable bonds is 8. The summed E-state index contributed by atoms with van der Waals surface area (Å²) in [5.74, 6) is 0.389. The van der Waals surface area contributed by atoms with Crippen LogP contribution in [-0.2, 0) is 19.6 Å². The van der Waals surface area contributed by atoms with Gasteiger partial charge in [-0.25, -0.2) is 9.68 Å². The molecule has 0 amide bonds. The second-order valence-corrected chi connectivity index (χ2v) is 3.30. The van der Waals surface area contributed by atoms with Crippen molar-refractivity contribution in [3.8, 4) is 0 Å². The van der Waals surface area contributed by atoms with Crippen LogP contribution in [0.25, 0.3) is 0 Å². The van der Waals surface area contributed by atoms with Gasteiger partial charge in [0, 0.05) is 0 Å². The maximum absolute atomic E-state index is 10.8. The highest BCUT2D eigenvalue weighted by Gasteiger charge is 2.11. The van der Waals surface area contributed by atoms with Crippen molar-refractivity contribution in [1.29, 1.82) is 0 Å². The molecule has 0 aromatic carbocycles. The highest BCUT2D eigenvalue weighted by Crippen LogP contribution is 2.13. The fourth-order valence-electron chi connectivity index (χ4n) is 1.17. The molecule has 0 aliphatic rings. The van der Waals surface area contributed by atoms with Gasteiger partial charge in [-0.05, 0) is 17.4 Å². The van der Waals surface area contributed by atoms with E-state index in [4.69, 9.17) is 4.74 Å². The molecule has 0 heterocycles. The van der Waals surface area contributed by atoms with Crippen molar-refractivity contribution in [2.24, 2.45) is 5.92 Å². The van der Waals surface area contributed by atoms with Crippen LogP contribution in [0, 0.1) is 5.92 Å². The summed E-state index contributed by atoms with van der Waals surface area (Å²) in [6.07, 6.45) is 3.47. The molecule has 90 valence electrons. The Labute approximate surface area is 90.5 Å². The van der Waals surface area contributed by atoms with Gasteiger partial charge in [0.1, 0.15) is 0 Å². The molecule has 1 atom stereocenters. The maximum Gasteiger partial charge on any atom is 0.542 e. The van der Waals surface area contributed by atoms with Gasteiger partial charge in [-0.15, -0.1) is 0 Å². The summed E-state index contributed by atoms with van der Waals surface area (Å²) in [4.78, 5) is 19.0. The molecule has 0 spiro atoms. The van der Waals surface area contributed by atoms with E-state index >= 15 is 0 Å². The summed E-state index contributed by atoms with van der Waals surface area (Å²) in [6, 6.07) is 0. The van der Waals surface area contributed by atoms with Crippen LogP contribution in [0.5, 0.6) is 0 Å². The molecule has 5 nitrogen and oxygen atoms in total. The fraction of sp³-hybridized carbons (Fsp3) is 0.900. The lowest BCUT2D eigenvalue weighted by molar-refractivity contribution is -0.475. The Kier molecular flexibility index (Phi) is 9.21. The summed E-state index contributed by atoms with van der Waals surface area (Å²) >= 11 is 0. The second-order valence-electron chi connectivity index (χ2n) is 3.30. The van der Waals surface area contributed by atoms with Crippen molar-refractivity contribution in [2.75, 3.05) is 13.7 Å². The van der Waals surface area contributed by atoms with Crippen LogP contribution in [0.3, 0.4) is 0 Å². The Morgan fingerprint density at radius 1 is 1.33 bits per heavy atom. The summed E-state index contributed by atoms with van der Waals surface area (Å²) in [5, 5.41) is 3.97. The number of unbranched alkanes of at least 4 members (excludes halogenated alkanes) is 1. The third kappa shape index (κ3) is 8.20. The van der Waals surface area contributed by atoms with Crippen LogP contribution in [0.4, 0.5) is 4.79 Å². The number of hydrogen-bond acceptors (Lipinski definition) is 5. The molecule has 1 unspecified atom stereocenters. The normalized spacial score (nSPS) is 12.2. The molecule has 0 aliphatic heterocycles. The zero-order valence-corrected chi connectivity index (χ0v) is 9.65. The van der Waals surface area contributed by atoms with Gasteiger partial charge in [0.25, 0.3) is 0 Å². The summed E-state index contributed by atoms with van der Waals surface area (Å²) in [6.45, 7) is 4.57. The van der Waals surface area contributed by atoms with Crippen molar-refractivity contribution in [1.82, 2.24) is 0 Å². The highest BCUT2D eigenvalue weighted by molar-refractivity contribution is 5.58.